The van der Waals surface area contributed by atoms with Crippen molar-refractivity contribution < 1.29 is 38.0 Å². The van der Waals surface area contributed by atoms with Crippen LogP contribution in [0.5, 0.6) is 23.0 Å². The summed E-state index contributed by atoms with van der Waals surface area (Å²) in [5.41, 5.74) is 1.39. The van der Waals surface area contributed by atoms with Crippen molar-refractivity contribution in [2.24, 2.45) is 0 Å². The van der Waals surface area contributed by atoms with E-state index in [4.69, 9.17) is 28.4 Å². The topological polar surface area (TPSA) is 89.5 Å². The van der Waals surface area contributed by atoms with Crippen molar-refractivity contribution in [3.8, 4) is 23.0 Å². The Bertz CT molecular complexity index is 1060. The summed E-state index contributed by atoms with van der Waals surface area (Å²) >= 11 is 0. The molecule has 0 amide bonds. The van der Waals surface area contributed by atoms with E-state index in [-0.39, 0.29) is 0 Å². The number of hydrogen-bond acceptors (Lipinski definition) is 8. The molecule has 0 aliphatic rings. The molecule has 0 aliphatic heterocycles. The van der Waals surface area contributed by atoms with Crippen LogP contribution in [0.25, 0.3) is 6.08 Å². The molecule has 1 unspecified atom stereocenters. The monoisotopic (exact) mass is 472 g/mol. The Kier molecular flexibility index (Phi) is 8.95. The van der Waals surface area contributed by atoms with Crippen molar-refractivity contribution in [2.75, 3.05) is 35.0 Å². The summed E-state index contributed by atoms with van der Waals surface area (Å²) in [5.74, 6) is 0.566. The first-order valence-corrected chi connectivity index (χ1v) is 10.7. The van der Waals surface area contributed by atoms with Gasteiger partial charge in [-0.15, -0.1) is 0 Å². The standard InChI is InChI=1S/C26H32O8/c1-9-33-20(28)15-12-18-10-13-19(14-11-18)26(4,34-17(3)27)21-16(2)22(29-5)24(31-7)25(32-8)23(21)30-6/h10-15H,9H2,1-8H3. The third kappa shape index (κ3) is 5.27. The Morgan fingerprint density at radius 2 is 1.41 bits per heavy atom. The van der Waals surface area contributed by atoms with E-state index in [1.165, 1.54) is 41.4 Å². The van der Waals surface area contributed by atoms with Gasteiger partial charge in [-0.3, -0.25) is 4.79 Å². The SMILES string of the molecule is CCOC(=O)C=Cc1ccc(C(C)(OC(C)=O)c2c(C)c(OC)c(OC)c(OC)c2OC)cc1. The number of carbonyl (C=O) groups excluding carboxylic acids is 2. The summed E-state index contributed by atoms with van der Waals surface area (Å²) in [4.78, 5) is 23.9. The maximum absolute atomic E-state index is 12.2. The normalized spacial score (nSPS) is 12.6. The molecule has 8 heteroatoms. The first kappa shape index (κ1) is 26.6. The number of methoxy groups -OCH3 is 4. The molecule has 0 saturated heterocycles. The number of carbonyl (C=O) groups is 2. The fourth-order valence-corrected chi connectivity index (χ4v) is 3.97. The summed E-state index contributed by atoms with van der Waals surface area (Å²) in [5, 5.41) is 0. The van der Waals surface area contributed by atoms with Crippen LogP contribution >= 0.6 is 0 Å². The van der Waals surface area contributed by atoms with Gasteiger partial charge in [-0.05, 0) is 38.0 Å². The van der Waals surface area contributed by atoms with Crippen LogP contribution in [0, 0.1) is 6.92 Å². The molecule has 0 heterocycles. The third-order valence-corrected chi connectivity index (χ3v) is 5.36. The second-order valence-electron chi connectivity index (χ2n) is 7.47. The van der Waals surface area contributed by atoms with Crippen LogP contribution in [-0.2, 0) is 24.7 Å². The van der Waals surface area contributed by atoms with E-state index in [0.717, 1.165) is 5.56 Å². The number of benzene rings is 2. The fraction of sp³-hybridized carbons (Fsp3) is 0.385. The Morgan fingerprint density at radius 1 is 0.882 bits per heavy atom. The Balaban J connectivity index is 2.75. The lowest BCUT2D eigenvalue weighted by molar-refractivity contribution is -0.152. The lowest BCUT2D eigenvalue weighted by Crippen LogP contribution is -2.31. The quantitative estimate of drug-likeness (QED) is 0.371. The smallest absolute Gasteiger partial charge is 0.330 e. The van der Waals surface area contributed by atoms with Crippen molar-refractivity contribution >= 4 is 18.0 Å². The summed E-state index contributed by atoms with van der Waals surface area (Å²) in [6, 6.07) is 7.25. The van der Waals surface area contributed by atoms with Crippen LogP contribution in [0.2, 0.25) is 0 Å². The van der Waals surface area contributed by atoms with Gasteiger partial charge in [-0.2, -0.15) is 0 Å². The molecule has 0 aromatic heterocycles. The summed E-state index contributed by atoms with van der Waals surface area (Å²) < 4.78 is 33.3. The minimum absolute atomic E-state index is 0.304. The predicted octanol–water partition coefficient (Wildman–Crippen LogP) is 4.43. The van der Waals surface area contributed by atoms with Gasteiger partial charge in [-0.1, -0.05) is 24.3 Å². The average molecular weight is 473 g/mol. The molecule has 2 aromatic carbocycles. The second-order valence-corrected chi connectivity index (χ2v) is 7.47. The highest BCUT2D eigenvalue weighted by atomic mass is 16.6. The first-order valence-electron chi connectivity index (χ1n) is 10.7. The predicted molar refractivity (Wildman–Crippen MR) is 128 cm³/mol. The molecule has 0 radical (unpaired) electrons. The van der Waals surface area contributed by atoms with Gasteiger partial charge < -0.3 is 28.4 Å². The zero-order valence-electron chi connectivity index (χ0n) is 20.9. The first-order chi connectivity index (χ1) is 16.2. The maximum Gasteiger partial charge on any atom is 0.330 e. The van der Waals surface area contributed by atoms with Gasteiger partial charge in [0.25, 0.3) is 0 Å². The van der Waals surface area contributed by atoms with Crippen LogP contribution in [0.1, 0.15) is 43.0 Å². The summed E-state index contributed by atoms with van der Waals surface area (Å²) in [7, 11) is 6.03. The van der Waals surface area contributed by atoms with Crippen LogP contribution in [0.4, 0.5) is 0 Å². The molecule has 0 bridgehead atoms. The Morgan fingerprint density at radius 3 is 1.88 bits per heavy atom. The van der Waals surface area contributed by atoms with Crippen LogP contribution in [0.3, 0.4) is 0 Å². The van der Waals surface area contributed by atoms with E-state index in [1.807, 2.05) is 31.2 Å². The Labute approximate surface area is 200 Å². The van der Waals surface area contributed by atoms with Gasteiger partial charge in [0.15, 0.2) is 17.1 Å². The van der Waals surface area contributed by atoms with Gasteiger partial charge in [0.05, 0.1) is 40.6 Å². The van der Waals surface area contributed by atoms with Gasteiger partial charge in [0.1, 0.15) is 0 Å². The molecule has 2 rings (SSSR count). The van der Waals surface area contributed by atoms with E-state index >= 15 is 0 Å². The molecule has 0 saturated carbocycles. The second kappa shape index (κ2) is 11.4. The van der Waals surface area contributed by atoms with E-state index < -0.39 is 17.5 Å². The van der Waals surface area contributed by atoms with Crippen molar-refractivity contribution in [1.82, 2.24) is 0 Å². The van der Waals surface area contributed by atoms with Gasteiger partial charge in [0, 0.05) is 18.6 Å². The molecular formula is C26H32O8. The number of rotatable bonds is 10. The third-order valence-electron chi connectivity index (χ3n) is 5.36. The highest BCUT2D eigenvalue weighted by Crippen LogP contribution is 2.54. The fourth-order valence-electron chi connectivity index (χ4n) is 3.97. The van der Waals surface area contributed by atoms with Crippen LogP contribution in [-0.4, -0.2) is 47.0 Å². The lowest BCUT2D eigenvalue weighted by Gasteiger charge is -2.34. The largest absolute Gasteiger partial charge is 0.492 e. The molecular weight excluding hydrogens is 440 g/mol. The number of ether oxygens (including phenoxy) is 6. The minimum atomic E-state index is -1.27. The van der Waals surface area contributed by atoms with Crippen LogP contribution in [0.15, 0.2) is 30.3 Å². The maximum atomic E-state index is 12.2. The number of esters is 2. The van der Waals surface area contributed by atoms with E-state index in [1.54, 1.807) is 19.9 Å². The summed E-state index contributed by atoms with van der Waals surface area (Å²) in [6.07, 6.45) is 3.01. The zero-order chi connectivity index (χ0) is 25.5. The zero-order valence-corrected chi connectivity index (χ0v) is 20.9. The molecule has 1 atom stereocenters. The molecule has 0 fully saturated rings. The van der Waals surface area contributed by atoms with E-state index in [9.17, 15) is 9.59 Å². The molecule has 0 N–H and O–H groups in total. The van der Waals surface area contributed by atoms with Gasteiger partial charge in [0.2, 0.25) is 11.5 Å². The van der Waals surface area contributed by atoms with Crippen molar-refractivity contribution in [2.45, 2.75) is 33.3 Å². The van der Waals surface area contributed by atoms with Crippen molar-refractivity contribution in [3.63, 3.8) is 0 Å². The molecule has 34 heavy (non-hydrogen) atoms. The molecule has 8 nitrogen and oxygen atoms in total. The Hall–Kier alpha value is -3.68. The van der Waals surface area contributed by atoms with Crippen LogP contribution < -0.4 is 18.9 Å². The highest BCUT2D eigenvalue weighted by molar-refractivity contribution is 5.87. The van der Waals surface area contributed by atoms with Gasteiger partial charge in [-0.25, -0.2) is 4.79 Å². The lowest BCUT2D eigenvalue weighted by atomic mass is 9.83. The average Bonchev–Trinajstić information content (AvgIpc) is 2.81. The van der Waals surface area contributed by atoms with Gasteiger partial charge >= 0.3 is 11.9 Å². The van der Waals surface area contributed by atoms with Crippen molar-refractivity contribution in [1.29, 1.82) is 0 Å². The van der Waals surface area contributed by atoms with Crippen molar-refractivity contribution in [3.05, 3.63) is 52.6 Å². The minimum Gasteiger partial charge on any atom is -0.492 e. The molecule has 2 aromatic rings. The van der Waals surface area contributed by atoms with E-state index in [2.05, 4.69) is 0 Å². The number of hydrogen-bond donors (Lipinski definition) is 0. The molecule has 184 valence electrons. The van der Waals surface area contributed by atoms with E-state index in [0.29, 0.717) is 46.3 Å². The molecule has 0 aliphatic carbocycles. The summed E-state index contributed by atoms with van der Waals surface area (Å²) in [6.45, 7) is 6.99. The molecule has 0 spiro atoms. The highest BCUT2D eigenvalue weighted by Gasteiger charge is 2.41.